The lowest BCUT2D eigenvalue weighted by Gasteiger charge is -2.14. The normalized spacial score (nSPS) is 12.2. The highest BCUT2D eigenvalue weighted by Gasteiger charge is 2.05. The SMILES string of the molecule is Cc1nc(COc2ccc(CN[C@@H](C)Cn3cccn3)cc2)no1. The van der Waals surface area contributed by atoms with Crippen LogP contribution in [0.2, 0.25) is 0 Å². The molecule has 1 atom stereocenters. The Labute approximate surface area is 140 Å². The molecule has 1 N–H and O–H groups in total. The molecule has 0 aliphatic heterocycles. The summed E-state index contributed by atoms with van der Waals surface area (Å²) in [5.41, 5.74) is 1.20. The van der Waals surface area contributed by atoms with E-state index in [1.165, 1.54) is 5.56 Å². The summed E-state index contributed by atoms with van der Waals surface area (Å²) in [5, 5.41) is 11.5. The molecule has 3 rings (SSSR count). The van der Waals surface area contributed by atoms with Gasteiger partial charge in [0, 0.05) is 31.9 Å². The van der Waals surface area contributed by atoms with E-state index in [1.807, 2.05) is 41.2 Å². The number of hydrogen-bond acceptors (Lipinski definition) is 6. The highest BCUT2D eigenvalue weighted by atomic mass is 16.5. The van der Waals surface area contributed by atoms with E-state index in [4.69, 9.17) is 9.26 Å². The summed E-state index contributed by atoms with van der Waals surface area (Å²) in [7, 11) is 0. The Balaban J connectivity index is 1.44. The van der Waals surface area contributed by atoms with Crippen molar-refractivity contribution in [2.75, 3.05) is 0 Å². The van der Waals surface area contributed by atoms with E-state index in [9.17, 15) is 0 Å². The Morgan fingerprint density at radius 1 is 1.29 bits per heavy atom. The molecule has 24 heavy (non-hydrogen) atoms. The predicted octanol–water partition coefficient (Wildman–Crippen LogP) is 2.33. The van der Waals surface area contributed by atoms with E-state index in [0.717, 1.165) is 18.8 Å². The Bertz CT molecular complexity index is 737. The van der Waals surface area contributed by atoms with Crippen LogP contribution in [0.4, 0.5) is 0 Å². The van der Waals surface area contributed by atoms with Gasteiger partial charge in [-0.1, -0.05) is 17.3 Å². The fraction of sp³-hybridized carbons (Fsp3) is 0.353. The van der Waals surface area contributed by atoms with E-state index in [0.29, 0.717) is 24.4 Å². The molecule has 3 aromatic rings. The number of hydrogen-bond donors (Lipinski definition) is 1. The van der Waals surface area contributed by atoms with E-state index in [1.54, 1.807) is 13.1 Å². The minimum atomic E-state index is 0.301. The van der Waals surface area contributed by atoms with Crippen LogP contribution in [0.5, 0.6) is 5.75 Å². The zero-order chi connectivity index (χ0) is 16.8. The van der Waals surface area contributed by atoms with Crippen molar-refractivity contribution >= 4 is 0 Å². The molecule has 0 radical (unpaired) electrons. The van der Waals surface area contributed by atoms with Gasteiger partial charge >= 0.3 is 0 Å². The Kier molecular flexibility index (Phi) is 5.22. The molecule has 126 valence electrons. The monoisotopic (exact) mass is 327 g/mol. The van der Waals surface area contributed by atoms with Crippen molar-refractivity contribution < 1.29 is 9.26 Å². The number of aromatic nitrogens is 4. The van der Waals surface area contributed by atoms with Crippen molar-refractivity contribution in [1.82, 2.24) is 25.2 Å². The lowest BCUT2D eigenvalue weighted by atomic mass is 10.2. The van der Waals surface area contributed by atoms with E-state index >= 15 is 0 Å². The number of rotatable bonds is 8. The number of nitrogens with one attached hydrogen (secondary N) is 1. The van der Waals surface area contributed by atoms with Crippen molar-refractivity contribution in [3.63, 3.8) is 0 Å². The highest BCUT2D eigenvalue weighted by Crippen LogP contribution is 2.13. The van der Waals surface area contributed by atoms with Crippen LogP contribution in [-0.4, -0.2) is 26.0 Å². The summed E-state index contributed by atoms with van der Waals surface area (Å²) in [6, 6.07) is 10.3. The van der Waals surface area contributed by atoms with Gasteiger partial charge < -0.3 is 14.6 Å². The zero-order valence-corrected chi connectivity index (χ0v) is 13.8. The third kappa shape index (κ3) is 4.66. The molecule has 0 fully saturated rings. The summed E-state index contributed by atoms with van der Waals surface area (Å²) in [5.74, 6) is 1.87. The van der Waals surface area contributed by atoms with Crippen LogP contribution in [0.1, 0.15) is 24.2 Å². The van der Waals surface area contributed by atoms with Gasteiger partial charge in [0.15, 0.2) is 6.61 Å². The minimum Gasteiger partial charge on any atom is -0.485 e. The lowest BCUT2D eigenvalue weighted by Crippen LogP contribution is -2.30. The average Bonchev–Trinajstić information content (AvgIpc) is 3.24. The summed E-state index contributed by atoms with van der Waals surface area (Å²) < 4.78 is 12.5. The molecule has 0 saturated heterocycles. The summed E-state index contributed by atoms with van der Waals surface area (Å²) in [4.78, 5) is 4.10. The topological polar surface area (TPSA) is 78.0 Å². The maximum Gasteiger partial charge on any atom is 0.223 e. The molecule has 0 aliphatic carbocycles. The number of ether oxygens (including phenoxy) is 1. The molecule has 2 aromatic heterocycles. The predicted molar refractivity (Wildman–Crippen MR) is 88.3 cm³/mol. The first kappa shape index (κ1) is 16.2. The van der Waals surface area contributed by atoms with Crippen molar-refractivity contribution in [3.8, 4) is 5.75 Å². The third-order valence-corrected chi connectivity index (χ3v) is 3.54. The lowest BCUT2D eigenvalue weighted by molar-refractivity contribution is 0.285. The van der Waals surface area contributed by atoms with Crippen LogP contribution < -0.4 is 10.1 Å². The van der Waals surface area contributed by atoms with Crippen LogP contribution in [0, 0.1) is 6.92 Å². The van der Waals surface area contributed by atoms with E-state index in [-0.39, 0.29) is 0 Å². The van der Waals surface area contributed by atoms with Gasteiger partial charge in [-0.05, 0) is 30.7 Å². The molecule has 0 spiro atoms. The maximum absolute atomic E-state index is 5.64. The molecule has 0 unspecified atom stereocenters. The van der Waals surface area contributed by atoms with Gasteiger partial charge in [0.05, 0.1) is 6.54 Å². The van der Waals surface area contributed by atoms with Gasteiger partial charge in [-0.3, -0.25) is 4.68 Å². The Hall–Kier alpha value is -2.67. The first-order valence-corrected chi connectivity index (χ1v) is 7.91. The highest BCUT2D eigenvalue weighted by molar-refractivity contribution is 5.27. The number of aryl methyl sites for hydroxylation is 1. The van der Waals surface area contributed by atoms with Gasteiger partial charge in [-0.2, -0.15) is 10.1 Å². The fourth-order valence-corrected chi connectivity index (χ4v) is 2.30. The first-order valence-electron chi connectivity index (χ1n) is 7.91. The quantitative estimate of drug-likeness (QED) is 0.684. The fourth-order valence-electron chi connectivity index (χ4n) is 2.30. The van der Waals surface area contributed by atoms with Crippen LogP contribution >= 0.6 is 0 Å². The Morgan fingerprint density at radius 3 is 2.79 bits per heavy atom. The molecule has 0 saturated carbocycles. The standard InChI is InChI=1S/C17H21N5O2/c1-13(11-22-9-3-8-19-22)18-10-15-4-6-16(7-5-15)23-12-17-20-14(2)24-21-17/h3-9,13,18H,10-12H2,1-2H3/t13-/m0/s1. The van der Waals surface area contributed by atoms with Gasteiger partial charge in [-0.25, -0.2) is 0 Å². The van der Waals surface area contributed by atoms with Crippen LogP contribution in [0.15, 0.2) is 47.2 Å². The molecular weight excluding hydrogens is 306 g/mol. The molecule has 7 nitrogen and oxygen atoms in total. The van der Waals surface area contributed by atoms with Crippen LogP contribution in [0.25, 0.3) is 0 Å². The number of nitrogens with zero attached hydrogens (tertiary/aromatic N) is 4. The molecular formula is C17H21N5O2. The molecule has 7 heteroatoms. The van der Waals surface area contributed by atoms with Crippen molar-refractivity contribution in [2.24, 2.45) is 0 Å². The second-order valence-corrected chi connectivity index (χ2v) is 5.67. The molecule has 0 aliphatic rings. The minimum absolute atomic E-state index is 0.301. The van der Waals surface area contributed by atoms with E-state index < -0.39 is 0 Å². The largest absolute Gasteiger partial charge is 0.485 e. The zero-order valence-electron chi connectivity index (χ0n) is 13.8. The number of benzene rings is 1. The second-order valence-electron chi connectivity index (χ2n) is 5.67. The van der Waals surface area contributed by atoms with E-state index in [2.05, 4.69) is 27.5 Å². The molecule has 0 amide bonds. The smallest absolute Gasteiger partial charge is 0.223 e. The second kappa shape index (κ2) is 7.74. The maximum atomic E-state index is 5.64. The average molecular weight is 327 g/mol. The van der Waals surface area contributed by atoms with Gasteiger partial charge in [0.25, 0.3) is 0 Å². The summed E-state index contributed by atoms with van der Waals surface area (Å²) in [6.07, 6.45) is 3.76. The van der Waals surface area contributed by atoms with Gasteiger partial charge in [0.1, 0.15) is 5.75 Å². The summed E-state index contributed by atoms with van der Waals surface area (Å²) >= 11 is 0. The molecule has 1 aromatic carbocycles. The van der Waals surface area contributed by atoms with Crippen molar-refractivity contribution in [1.29, 1.82) is 0 Å². The van der Waals surface area contributed by atoms with Gasteiger partial charge in [0.2, 0.25) is 11.7 Å². The molecule has 2 heterocycles. The van der Waals surface area contributed by atoms with Crippen LogP contribution in [-0.2, 0) is 19.7 Å². The third-order valence-electron chi connectivity index (χ3n) is 3.54. The Morgan fingerprint density at radius 2 is 2.12 bits per heavy atom. The van der Waals surface area contributed by atoms with Crippen molar-refractivity contribution in [3.05, 3.63) is 60.0 Å². The van der Waals surface area contributed by atoms with Crippen molar-refractivity contribution in [2.45, 2.75) is 39.6 Å². The first-order chi connectivity index (χ1) is 11.7. The van der Waals surface area contributed by atoms with Gasteiger partial charge in [-0.15, -0.1) is 0 Å². The van der Waals surface area contributed by atoms with Crippen LogP contribution in [0.3, 0.4) is 0 Å². The summed E-state index contributed by atoms with van der Waals surface area (Å²) in [6.45, 7) is 5.85. The molecule has 0 bridgehead atoms.